The fraction of sp³-hybridized carbons (Fsp3) is 0.643. The van der Waals surface area contributed by atoms with Crippen molar-refractivity contribution in [3.05, 3.63) is 22.3 Å². The zero-order valence-electron chi connectivity index (χ0n) is 10.8. The molecule has 2 aliphatic rings. The SMILES string of the molecule is Cc1nc(N2CCCC2CNC2CC2)ccc1Br. The van der Waals surface area contributed by atoms with Gasteiger partial charge in [-0.05, 0) is 60.7 Å². The fourth-order valence-corrected chi connectivity index (χ4v) is 2.85. The Balaban J connectivity index is 1.70. The van der Waals surface area contributed by atoms with Crippen LogP contribution >= 0.6 is 15.9 Å². The molecule has 1 saturated carbocycles. The van der Waals surface area contributed by atoms with E-state index in [9.17, 15) is 0 Å². The van der Waals surface area contributed by atoms with E-state index < -0.39 is 0 Å². The Kier molecular flexibility index (Phi) is 3.57. The number of nitrogens with one attached hydrogen (secondary N) is 1. The molecular formula is C14H20BrN3. The molecule has 1 saturated heterocycles. The molecule has 1 aliphatic carbocycles. The molecule has 3 rings (SSSR count). The molecule has 2 heterocycles. The van der Waals surface area contributed by atoms with Gasteiger partial charge in [-0.2, -0.15) is 0 Å². The Hall–Kier alpha value is -0.610. The van der Waals surface area contributed by atoms with Crippen molar-refractivity contribution in [2.24, 2.45) is 0 Å². The summed E-state index contributed by atoms with van der Waals surface area (Å²) >= 11 is 3.52. The molecule has 1 aliphatic heterocycles. The van der Waals surface area contributed by atoms with Crippen LogP contribution in [0.5, 0.6) is 0 Å². The second kappa shape index (κ2) is 5.17. The zero-order valence-corrected chi connectivity index (χ0v) is 12.4. The van der Waals surface area contributed by atoms with Crippen molar-refractivity contribution < 1.29 is 0 Å². The summed E-state index contributed by atoms with van der Waals surface area (Å²) in [4.78, 5) is 7.17. The van der Waals surface area contributed by atoms with Gasteiger partial charge in [0.05, 0.1) is 5.69 Å². The number of anilines is 1. The normalized spacial score (nSPS) is 23.7. The first-order chi connectivity index (χ1) is 8.74. The van der Waals surface area contributed by atoms with Gasteiger partial charge >= 0.3 is 0 Å². The van der Waals surface area contributed by atoms with Crippen molar-refractivity contribution >= 4 is 21.7 Å². The van der Waals surface area contributed by atoms with Gasteiger partial charge in [0.15, 0.2) is 0 Å². The minimum absolute atomic E-state index is 0.624. The third kappa shape index (κ3) is 2.69. The van der Waals surface area contributed by atoms with E-state index >= 15 is 0 Å². The first kappa shape index (κ1) is 12.4. The van der Waals surface area contributed by atoms with Crippen molar-refractivity contribution in [3.63, 3.8) is 0 Å². The average molecular weight is 310 g/mol. The number of hydrogen-bond acceptors (Lipinski definition) is 3. The van der Waals surface area contributed by atoms with Gasteiger partial charge in [-0.15, -0.1) is 0 Å². The van der Waals surface area contributed by atoms with Crippen molar-refractivity contribution in [2.45, 2.75) is 44.7 Å². The van der Waals surface area contributed by atoms with E-state index in [1.807, 2.05) is 0 Å². The second-order valence-corrected chi connectivity index (χ2v) is 6.26. The summed E-state index contributed by atoms with van der Waals surface area (Å²) < 4.78 is 1.10. The Morgan fingerprint density at radius 1 is 1.39 bits per heavy atom. The first-order valence-electron chi connectivity index (χ1n) is 6.87. The topological polar surface area (TPSA) is 28.2 Å². The third-order valence-electron chi connectivity index (χ3n) is 3.90. The summed E-state index contributed by atoms with van der Waals surface area (Å²) in [6.07, 6.45) is 5.30. The predicted octanol–water partition coefficient (Wildman–Crippen LogP) is 2.87. The lowest BCUT2D eigenvalue weighted by Gasteiger charge is -2.26. The number of aryl methyl sites for hydroxylation is 1. The molecule has 98 valence electrons. The molecule has 4 heteroatoms. The maximum atomic E-state index is 4.70. The van der Waals surface area contributed by atoms with Crippen LogP contribution in [0.3, 0.4) is 0 Å². The van der Waals surface area contributed by atoms with Gasteiger partial charge in [0.2, 0.25) is 0 Å². The Morgan fingerprint density at radius 2 is 2.22 bits per heavy atom. The Bertz CT molecular complexity index is 431. The van der Waals surface area contributed by atoms with Crippen LogP contribution in [-0.2, 0) is 0 Å². The summed E-state index contributed by atoms with van der Waals surface area (Å²) in [6, 6.07) is 5.67. The number of rotatable bonds is 4. The maximum Gasteiger partial charge on any atom is 0.129 e. The van der Waals surface area contributed by atoms with Gasteiger partial charge in [0.1, 0.15) is 5.82 Å². The fourth-order valence-electron chi connectivity index (χ4n) is 2.63. The van der Waals surface area contributed by atoms with E-state index in [2.05, 4.69) is 45.2 Å². The van der Waals surface area contributed by atoms with E-state index in [0.29, 0.717) is 6.04 Å². The predicted molar refractivity (Wildman–Crippen MR) is 78.1 cm³/mol. The molecule has 1 aromatic rings. The van der Waals surface area contributed by atoms with Gasteiger partial charge in [-0.3, -0.25) is 0 Å². The summed E-state index contributed by atoms with van der Waals surface area (Å²) in [7, 11) is 0. The largest absolute Gasteiger partial charge is 0.352 e. The number of halogens is 1. The highest BCUT2D eigenvalue weighted by Crippen LogP contribution is 2.27. The summed E-state index contributed by atoms with van der Waals surface area (Å²) in [5.74, 6) is 1.13. The first-order valence-corrected chi connectivity index (χ1v) is 7.66. The van der Waals surface area contributed by atoms with E-state index in [1.54, 1.807) is 0 Å². The molecule has 18 heavy (non-hydrogen) atoms. The third-order valence-corrected chi connectivity index (χ3v) is 4.74. The van der Waals surface area contributed by atoms with Gasteiger partial charge in [-0.25, -0.2) is 4.98 Å². The molecule has 0 amide bonds. The smallest absolute Gasteiger partial charge is 0.129 e. The minimum atomic E-state index is 0.624. The van der Waals surface area contributed by atoms with Crippen LogP contribution in [0.4, 0.5) is 5.82 Å². The van der Waals surface area contributed by atoms with E-state index in [0.717, 1.165) is 35.1 Å². The monoisotopic (exact) mass is 309 g/mol. The van der Waals surface area contributed by atoms with Crippen LogP contribution in [0, 0.1) is 6.92 Å². The number of pyridine rings is 1. The molecule has 0 bridgehead atoms. The maximum absolute atomic E-state index is 4.70. The van der Waals surface area contributed by atoms with Gasteiger partial charge in [0.25, 0.3) is 0 Å². The molecule has 0 aromatic carbocycles. The number of hydrogen-bond donors (Lipinski definition) is 1. The standard InChI is InChI=1S/C14H20BrN3/c1-10-13(15)6-7-14(17-10)18-8-2-3-12(18)9-16-11-4-5-11/h6-7,11-12,16H,2-5,8-9H2,1H3. The van der Waals surface area contributed by atoms with E-state index in [4.69, 9.17) is 4.98 Å². The van der Waals surface area contributed by atoms with Gasteiger partial charge in [-0.1, -0.05) is 0 Å². The van der Waals surface area contributed by atoms with E-state index in [-0.39, 0.29) is 0 Å². The Labute approximate surface area is 117 Å². The Morgan fingerprint density at radius 3 is 2.94 bits per heavy atom. The highest BCUT2D eigenvalue weighted by atomic mass is 79.9. The quantitative estimate of drug-likeness (QED) is 0.927. The highest BCUT2D eigenvalue weighted by molar-refractivity contribution is 9.10. The summed E-state index contributed by atoms with van der Waals surface area (Å²) in [5.41, 5.74) is 1.08. The van der Waals surface area contributed by atoms with Gasteiger partial charge in [0, 0.05) is 29.6 Å². The molecular weight excluding hydrogens is 290 g/mol. The minimum Gasteiger partial charge on any atom is -0.352 e. The van der Waals surface area contributed by atoms with Crippen LogP contribution in [0.2, 0.25) is 0 Å². The molecule has 3 nitrogen and oxygen atoms in total. The molecule has 0 radical (unpaired) electrons. The van der Waals surface area contributed by atoms with Gasteiger partial charge < -0.3 is 10.2 Å². The molecule has 0 spiro atoms. The molecule has 1 N–H and O–H groups in total. The molecule has 2 fully saturated rings. The van der Waals surface area contributed by atoms with Crippen LogP contribution in [0.25, 0.3) is 0 Å². The zero-order chi connectivity index (χ0) is 12.5. The second-order valence-electron chi connectivity index (χ2n) is 5.41. The van der Waals surface area contributed by atoms with Crippen LogP contribution in [-0.4, -0.2) is 30.2 Å². The lowest BCUT2D eigenvalue weighted by atomic mass is 10.2. The van der Waals surface area contributed by atoms with Crippen LogP contribution in [0.1, 0.15) is 31.4 Å². The molecule has 1 atom stereocenters. The van der Waals surface area contributed by atoms with Crippen molar-refractivity contribution in [1.82, 2.24) is 10.3 Å². The lowest BCUT2D eigenvalue weighted by Crippen LogP contribution is -2.39. The van der Waals surface area contributed by atoms with E-state index in [1.165, 1.54) is 25.7 Å². The highest BCUT2D eigenvalue weighted by Gasteiger charge is 2.28. The lowest BCUT2D eigenvalue weighted by molar-refractivity contribution is 0.568. The average Bonchev–Trinajstić information content (AvgIpc) is 3.08. The molecule has 1 unspecified atom stereocenters. The van der Waals surface area contributed by atoms with Crippen molar-refractivity contribution in [3.8, 4) is 0 Å². The number of aromatic nitrogens is 1. The summed E-state index contributed by atoms with van der Waals surface area (Å²) in [5, 5.41) is 3.65. The van der Waals surface area contributed by atoms with Crippen molar-refractivity contribution in [1.29, 1.82) is 0 Å². The number of nitrogens with zero attached hydrogens (tertiary/aromatic N) is 2. The van der Waals surface area contributed by atoms with Crippen LogP contribution < -0.4 is 10.2 Å². The van der Waals surface area contributed by atoms with Crippen molar-refractivity contribution in [2.75, 3.05) is 18.0 Å². The van der Waals surface area contributed by atoms with Crippen LogP contribution in [0.15, 0.2) is 16.6 Å². The summed E-state index contributed by atoms with van der Waals surface area (Å²) in [6.45, 7) is 4.31. The molecule has 1 aromatic heterocycles.